The number of hydrogen-bond donors (Lipinski definition) is 3. The van der Waals surface area contributed by atoms with Crippen molar-refractivity contribution < 1.29 is 8.42 Å². The maximum Gasteiger partial charge on any atom is 0.264 e. The predicted molar refractivity (Wildman–Crippen MR) is 85.5 cm³/mol. The third kappa shape index (κ3) is 4.29. The first-order valence-corrected chi connectivity index (χ1v) is 8.70. The Balaban J connectivity index is 2.15. The molecule has 3 N–H and O–H groups in total. The molecule has 114 valence electrons. The van der Waals surface area contributed by atoms with Crippen LogP contribution in [0.2, 0.25) is 0 Å². The molecule has 2 aromatic heterocycles. The highest BCUT2D eigenvalue weighted by Crippen LogP contribution is 2.22. The Bertz CT molecular complexity index is 712. The van der Waals surface area contributed by atoms with E-state index in [4.69, 9.17) is 0 Å². The molecule has 2 heterocycles. The average Bonchev–Trinajstić information content (AvgIpc) is 2.88. The predicted octanol–water partition coefficient (Wildman–Crippen LogP) is 2.47. The van der Waals surface area contributed by atoms with Crippen LogP contribution in [0.15, 0.2) is 40.0 Å². The number of nitrogens with one attached hydrogen (secondary N) is 3. The highest BCUT2D eigenvalue weighted by Gasteiger charge is 2.18. The molecular weight excluding hydrogens is 356 g/mol. The van der Waals surface area contributed by atoms with E-state index in [2.05, 4.69) is 35.9 Å². The number of hydrogen-bond acceptors (Lipinski definition) is 4. The van der Waals surface area contributed by atoms with Crippen molar-refractivity contribution in [2.24, 2.45) is 0 Å². The largest absolute Gasteiger partial charge is 0.363 e. The molecule has 0 saturated heterocycles. The third-order valence-electron chi connectivity index (χ3n) is 2.72. The number of halogens is 1. The minimum absolute atomic E-state index is 0.181. The first-order chi connectivity index (χ1) is 9.88. The average molecular weight is 373 g/mol. The Morgan fingerprint density at radius 3 is 2.86 bits per heavy atom. The van der Waals surface area contributed by atoms with Crippen LogP contribution < -0.4 is 10.0 Å². The lowest BCUT2D eigenvalue weighted by Crippen LogP contribution is -2.21. The van der Waals surface area contributed by atoms with E-state index in [-0.39, 0.29) is 10.7 Å². The molecular formula is C13H17BrN4O2S. The van der Waals surface area contributed by atoms with Crippen LogP contribution in [-0.2, 0) is 16.6 Å². The van der Waals surface area contributed by atoms with Crippen LogP contribution in [0.25, 0.3) is 0 Å². The Morgan fingerprint density at radius 2 is 2.19 bits per heavy atom. The fourth-order valence-electron chi connectivity index (χ4n) is 1.64. The third-order valence-corrected chi connectivity index (χ3v) is 4.68. The Kier molecular flexibility index (Phi) is 5.02. The van der Waals surface area contributed by atoms with Gasteiger partial charge in [-0.15, -0.1) is 0 Å². The molecule has 8 heteroatoms. The molecule has 0 atom stereocenters. The van der Waals surface area contributed by atoms with Crippen molar-refractivity contribution in [2.75, 3.05) is 4.72 Å². The molecule has 0 aliphatic heterocycles. The summed E-state index contributed by atoms with van der Waals surface area (Å²) in [6, 6.07) is 5.37. The van der Waals surface area contributed by atoms with Crippen molar-refractivity contribution >= 4 is 31.8 Å². The van der Waals surface area contributed by atoms with E-state index in [1.165, 1.54) is 12.4 Å². The summed E-state index contributed by atoms with van der Waals surface area (Å²) in [6.07, 6.45) is 2.99. The molecule has 0 aromatic carbocycles. The second-order valence-electron chi connectivity index (χ2n) is 4.84. The topological polar surface area (TPSA) is 86.9 Å². The molecule has 21 heavy (non-hydrogen) atoms. The molecule has 0 saturated carbocycles. The van der Waals surface area contributed by atoms with Crippen LogP contribution >= 0.6 is 15.9 Å². The van der Waals surface area contributed by atoms with Gasteiger partial charge in [-0.1, -0.05) is 13.8 Å². The van der Waals surface area contributed by atoms with Gasteiger partial charge in [-0.3, -0.25) is 4.72 Å². The molecule has 6 nitrogen and oxygen atoms in total. The first kappa shape index (κ1) is 16.0. The lowest BCUT2D eigenvalue weighted by Gasteiger charge is -2.07. The van der Waals surface area contributed by atoms with Crippen molar-refractivity contribution in [3.63, 3.8) is 0 Å². The molecule has 0 radical (unpaired) electrons. The highest BCUT2D eigenvalue weighted by atomic mass is 79.9. The lowest BCUT2D eigenvalue weighted by molar-refractivity contribution is 0.582. The van der Waals surface area contributed by atoms with Gasteiger partial charge in [-0.2, -0.15) is 0 Å². The van der Waals surface area contributed by atoms with Gasteiger partial charge in [-0.05, 0) is 34.1 Å². The summed E-state index contributed by atoms with van der Waals surface area (Å²) >= 11 is 3.26. The van der Waals surface area contributed by atoms with Crippen molar-refractivity contribution in [1.29, 1.82) is 0 Å². The molecule has 0 fully saturated rings. The van der Waals surface area contributed by atoms with Crippen molar-refractivity contribution in [2.45, 2.75) is 31.3 Å². The van der Waals surface area contributed by atoms with E-state index in [1.54, 1.807) is 18.2 Å². The van der Waals surface area contributed by atoms with Gasteiger partial charge in [0, 0.05) is 30.7 Å². The van der Waals surface area contributed by atoms with E-state index >= 15 is 0 Å². The second kappa shape index (κ2) is 6.59. The molecule has 0 bridgehead atoms. The Hall–Kier alpha value is -1.38. The summed E-state index contributed by atoms with van der Waals surface area (Å²) in [7, 11) is -3.66. The minimum atomic E-state index is -3.66. The van der Waals surface area contributed by atoms with Crippen LogP contribution in [0.4, 0.5) is 5.82 Å². The fraction of sp³-hybridized carbons (Fsp3) is 0.308. The molecule has 2 rings (SSSR count). The summed E-state index contributed by atoms with van der Waals surface area (Å²) in [5.41, 5.74) is 0.809. The van der Waals surface area contributed by atoms with Gasteiger partial charge in [-0.25, -0.2) is 13.4 Å². The summed E-state index contributed by atoms with van der Waals surface area (Å²) in [6.45, 7) is 4.64. The number of aromatic amines is 1. The van der Waals surface area contributed by atoms with Gasteiger partial charge in [0.25, 0.3) is 10.0 Å². The van der Waals surface area contributed by atoms with Gasteiger partial charge in [0.15, 0.2) is 5.82 Å². The number of sulfonamides is 1. The number of aromatic nitrogens is 2. The second-order valence-corrected chi connectivity index (χ2v) is 7.37. The van der Waals surface area contributed by atoms with E-state index in [0.29, 0.717) is 17.1 Å². The molecule has 0 amide bonds. The maximum absolute atomic E-state index is 12.3. The van der Waals surface area contributed by atoms with Crippen LogP contribution in [0.5, 0.6) is 0 Å². The molecule has 0 aliphatic carbocycles. The van der Waals surface area contributed by atoms with E-state index < -0.39 is 10.0 Å². The van der Waals surface area contributed by atoms with Gasteiger partial charge >= 0.3 is 0 Å². The summed E-state index contributed by atoms with van der Waals surface area (Å²) < 4.78 is 27.6. The van der Waals surface area contributed by atoms with Gasteiger partial charge < -0.3 is 10.3 Å². The van der Waals surface area contributed by atoms with Gasteiger partial charge in [0.2, 0.25) is 0 Å². The first-order valence-electron chi connectivity index (χ1n) is 6.42. The summed E-state index contributed by atoms with van der Waals surface area (Å²) in [5, 5.41) is 3.22. The summed E-state index contributed by atoms with van der Waals surface area (Å²) in [4.78, 5) is 7.13. The van der Waals surface area contributed by atoms with Gasteiger partial charge in [0.1, 0.15) is 4.90 Å². The van der Waals surface area contributed by atoms with Crippen molar-refractivity contribution in [3.05, 3.63) is 40.8 Å². The zero-order valence-corrected chi connectivity index (χ0v) is 14.1. The van der Waals surface area contributed by atoms with Crippen molar-refractivity contribution in [3.8, 4) is 0 Å². The van der Waals surface area contributed by atoms with Crippen LogP contribution in [0.1, 0.15) is 19.5 Å². The number of H-pyrrole nitrogens is 1. The summed E-state index contributed by atoms with van der Waals surface area (Å²) in [5.74, 6) is 0.264. The maximum atomic E-state index is 12.3. The standard InChI is InChI=1S/C13H17BrN4O2S/c1-9(2)16-7-10-6-11(8-17-10)21(19,20)18-13-12(14)4-3-5-15-13/h3-6,8-9,16-17H,7H2,1-2H3,(H,15,18). The van der Waals surface area contributed by atoms with Gasteiger partial charge in [0.05, 0.1) is 4.47 Å². The number of nitrogens with zero attached hydrogens (tertiary/aromatic N) is 1. The quantitative estimate of drug-likeness (QED) is 0.726. The normalized spacial score (nSPS) is 11.8. The Morgan fingerprint density at radius 1 is 1.43 bits per heavy atom. The number of pyridine rings is 1. The molecule has 0 spiro atoms. The fourth-order valence-corrected chi connectivity index (χ4v) is 3.17. The van der Waals surface area contributed by atoms with Crippen LogP contribution in [-0.4, -0.2) is 24.4 Å². The Labute approximate surface area is 132 Å². The smallest absolute Gasteiger partial charge is 0.264 e. The number of rotatable bonds is 6. The number of anilines is 1. The lowest BCUT2D eigenvalue weighted by atomic mass is 10.3. The van der Waals surface area contributed by atoms with E-state index in [0.717, 1.165) is 5.69 Å². The zero-order chi connectivity index (χ0) is 15.5. The SMILES string of the molecule is CC(C)NCc1cc(S(=O)(=O)Nc2ncccc2Br)c[nH]1. The molecule has 0 unspecified atom stereocenters. The van der Waals surface area contributed by atoms with Crippen LogP contribution in [0, 0.1) is 0 Å². The zero-order valence-electron chi connectivity index (χ0n) is 11.7. The monoisotopic (exact) mass is 372 g/mol. The van der Waals surface area contributed by atoms with Crippen LogP contribution in [0.3, 0.4) is 0 Å². The minimum Gasteiger partial charge on any atom is -0.363 e. The highest BCUT2D eigenvalue weighted by molar-refractivity contribution is 9.10. The molecule has 0 aliphatic rings. The van der Waals surface area contributed by atoms with Crippen molar-refractivity contribution in [1.82, 2.24) is 15.3 Å². The van der Waals surface area contributed by atoms with E-state index in [1.807, 2.05) is 13.8 Å². The van der Waals surface area contributed by atoms with E-state index in [9.17, 15) is 8.42 Å². The molecule has 2 aromatic rings.